The van der Waals surface area contributed by atoms with E-state index in [9.17, 15) is 0 Å². The van der Waals surface area contributed by atoms with Crippen molar-refractivity contribution in [2.45, 2.75) is 0 Å². The Labute approximate surface area is 76.8 Å². The van der Waals surface area contributed by atoms with E-state index in [2.05, 4.69) is 10.3 Å². The van der Waals surface area contributed by atoms with Gasteiger partial charge in [0.25, 0.3) is 0 Å². The average molecular weight is 173 g/mol. The summed E-state index contributed by atoms with van der Waals surface area (Å²) in [5, 5.41) is 4.18. The molecule has 0 spiro atoms. The number of hydrogen-bond donors (Lipinski definition) is 0. The predicted molar refractivity (Wildman–Crippen MR) is 50.0 cm³/mol. The maximum absolute atomic E-state index is 5.01. The van der Waals surface area contributed by atoms with Crippen LogP contribution < -0.4 is 10.1 Å². The lowest BCUT2D eigenvalue weighted by Crippen LogP contribution is -1.94. The van der Waals surface area contributed by atoms with Crippen LogP contribution in [0.4, 0.5) is 0 Å². The quantitative estimate of drug-likeness (QED) is 0.680. The number of ether oxygens (including phenoxy) is 1. The molecule has 1 aromatic rings. The fraction of sp³-hybridized carbons (Fsp3) is 0.100. The molecule has 0 fully saturated rings. The van der Waals surface area contributed by atoms with Crippen molar-refractivity contribution in [3.05, 3.63) is 42.2 Å². The van der Waals surface area contributed by atoms with Gasteiger partial charge in [-0.25, -0.2) is 4.98 Å². The van der Waals surface area contributed by atoms with Gasteiger partial charge in [0.15, 0.2) is 0 Å². The Morgan fingerprint density at radius 2 is 2.31 bits per heavy atom. The van der Waals surface area contributed by atoms with Gasteiger partial charge in [-0.2, -0.15) is 0 Å². The van der Waals surface area contributed by atoms with Gasteiger partial charge in [-0.1, -0.05) is 0 Å². The predicted octanol–water partition coefficient (Wildman–Crippen LogP) is 1.56. The highest BCUT2D eigenvalue weighted by atomic mass is 16.5. The molecule has 0 saturated heterocycles. The fourth-order valence-corrected chi connectivity index (χ4v) is 1.15. The van der Waals surface area contributed by atoms with E-state index in [1.807, 2.05) is 24.3 Å². The minimum atomic E-state index is 0.612. The Morgan fingerprint density at radius 3 is 3.00 bits per heavy atom. The van der Waals surface area contributed by atoms with Crippen LogP contribution >= 0.6 is 0 Å². The van der Waals surface area contributed by atoms with Gasteiger partial charge in [0.1, 0.15) is 0 Å². The summed E-state index contributed by atoms with van der Waals surface area (Å²) in [7, 11) is 1.60. The molecule has 0 aliphatic carbocycles. The Balaban J connectivity index is 2.30. The number of pyridine rings is 1. The molecule has 65 valence electrons. The lowest BCUT2D eigenvalue weighted by Gasteiger charge is -2.03. The number of aromatic nitrogens is 1. The standard InChI is InChI=1S/C10H9N2O/c1-13-10-7-8(4-6-12-10)9-3-2-5-11-9/h2-7H,1H3. The molecule has 1 aliphatic heterocycles. The molecule has 2 rings (SSSR count). The second-order valence-corrected chi connectivity index (χ2v) is 2.61. The molecule has 2 heterocycles. The van der Waals surface area contributed by atoms with E-state index in [0.29, 0.717) is 5.88 Å². The van der Waals surface area contributed by atoms with Gasteiger partial charge in [-0.05, 0) is 18.2 Å². The van der Waals surface area contributed by atoms with Crippen LogP contribution in [-0.2, 0) is 0 Å². The Hall–Kier alpha value is -1.77. The van der Waals surface area contributed by atoms with Crippen LogP contribution in [0.5, 0.6) is 5.88 Å². The first kappa shape index (κ1) is 7.86. The Bertz CT molecular complexity index is 369. The summed E-state index contributed by atoms with van der Waals surface area (Å²) in [5.74, 6) is 0.612. The molecule has 1 aliphatic rings. The van der Waals surface area contributed by atoms with Crippen molar-refractivity contribution in [3.8, 4) is 5.88 Å². The largest absolute Gasteiger partial charge is 0.481 e. The van der Waals surface area contributed by atoms with Crippen LogP contribution in [0.15, 0.2) is 36.7 Å². The minimum absolute atomic E-state index is 0.612. The highest BCUT2D eigenvalue weighted by Crippen LogP contribution is 2.18. The van der Waals surface area contributed by atoms with E-state index in [4.69, 9.17) is 4.74 Å². The molecular weight excluding hydrogens is 164 g/mol. The van der Waals surface area contributed by atoms with Gasteiger partial charge in [0, 0.05) is 24.0 Å². The molecule has 0 bridgehead atoms. The van der Waals surface area contributed by atoms with Crippen LogP contribution in [0.2, 0.25) is 0 Å². The lowest BCUT2D eigenvalue weighted by molar-refractivity contribution is 0.397. The van der Waals surface area contributed by atoms with E-state index in [1.165, 1.54) is 0 Å². The summed E-state index contributed by atoms with van der Waals surface area (Å²) in [6.45, 7) is 0. The number of rotatable bonds is 2. The third-order valence-corrected chi connectivity index (χ3v) is 1.79. The van der Waals surface area contributed by atoms with Gasteiger partial charge < -0.3 is 4.74 Å². The lowest BCUT2D eigenvalue weighted by atomic mass is 10.2. The molecule has 0 aromatic carbocycles. The first-order chi connectivity index (χ1) is 6.40. The van der Waals surface area contributed by atoms with Crippen molar-refractivity contribution in [1.82, 2.24) is 10.3 Å². The Morgan fingerprint density at radius 1 is 1.38 bits per heavy atom. The highest BCUT2D eigenvalue weighted by Gasteiger charge is 2.05. The van der Waals surface area contributed by atoms with Crippen molar-refractivity contribution in [2.24, 2.45) is 0 Å². The molecular formula is C10H9N2O. The van der Waals surface area contributed by atoms with E-state index in [-0.39, 0.29) is 0 Å². The number of allylic oxidation sites excluding steroid dienone is 2. The molecule has 1 aromatic heterocycles. The van der Waals surface area contributed by atoms with Crippen molar-refractivity contribution in [2.75, 3.05) is 7.11 Å². The summed E-state index contributed by atoms with van der Waals surface area (Å²) in [6.07, 6.45) is 7.34. The maximum Gasteiger partial charge on any atom is 0.213 e. The molecule has 0 saturated carbocycles. The molecule has 0 N–H and O–H groups in total. The maximum atomic E-state index is 5.01. The smallest absolute Gasteiger partial charge is 0.213 e. The molecule has 1 radical (unpaired) electrons. The third-order valence-electron chi connectivity index (χ3n) is 1.79. The molecule has 0 atom stereocenters. The van der Waals surface area contributed by atoms with Crippen LogP contribution in [0.1, 0.15) is 5.56 Å². The van der Waals surface area contributed by atoms with E-state index in [0.717, 1.165) is 11.3 Å². The summed E-state index contributed by atoms with van der Waals surface area (Å²) < 4.78 is 5.01. The summed E-state index contributed by atoms with van der Waals surface area (Å²) in [6, 6.07) is 3.77. The van der Waals surface area contributed by atoms with Gasteiger partial charge in [-0.15, -0.1) is 0 Å². The second kappa shape index (κ2) is 3.31. The topological polar surface area (TPSA) is 36.2 Å². The van der Waals surface area contributed by atoms with Crippen LogP contribution in [0.25, 0.3) is 5.70 Å². The zero-order chi connectivity index (χ0) is 9.10. The zero-order valence-corrected chi connectivity index (χ0v) is 7.27. The van der Waals surface area contributed by atoms with Gasteiger partial charge in [0.2, 0.25) is 5.88 Å². The van der Waals surface area contributed by atoms with Gasteiger partial charge in [-0.3, -0.25) is 5.32 Å². The van der Waals surface area contributed by atoms with Crippen LogP contribution in [0, 0.1) is 0 Å². The summed E-state index contributed by atoms with van der Waals surface area (Å²) in [4.78, 5) is 4.02. The van der Waals surface area contributed by atoms with Gasteiger partial charge in [0.05, 0.1) is 12.8 Å². The molecule has 3 heteroatoms. The normalized spacial score (nSPS) is 13.8. The summed E-state index contributed by atoms with van der Waals surface area (Å²) >= 11 is 0. The van der Waals surface area contributed by atoms with Crippen molar-refractivity contribution >= 4 is 5.70 Å². The first-order valence-corrected chi connectivity index (χ1v) is 3.98. The van der Waals surface area contributed by atoms with Crippen molar-refractivity contribution in [3.63, 3.8) is 0 Å². The van der Waals surface area contributed by atoms with E-state index >= 15 is 0 Å². The van der Waals surface area contributed by atoms with Crippen molar-refractivity contribution in [1.29, 1.82) is 0 Å². The number of nitrogens with zero attached hydrogens (tertiary/aromatic N) is 2. The van der Waals surface area contributed by atoms with Crippen LogP contribution in [0.3, 0.4) is 0 Å². The van der Waals surface area contributed by atoms with Crippen LogP contribution in [-0.4, -0.2) is 12.1 Å². The van der Waals surface area contributed by atoms with Gasteiger partial charge >= 0.3 is 0 Å². The monoisotopic (exact) mass is 173 g/mol. The zero-order valence-electron chi connectivity index (χ0n) is 7.27. The number of hydrogen-bond acceptors (Lipinski definition) is 2. The molecule has 13 heavy (non-hydrogen) atoms. The average Bonchev–Trinajstić information content (AvgIpc) is 2.71. The van der Waals surface area contributed by atoms with E-state index < -0.39 is 0 Å². The van der Waals surface area contributed by atoms with E-state index in [1.54, 1.807) is 19.5 Å². The van der Waals surface area contributed by atoms with Crippen molar-refractivity contribution < 1.29 is 4.74 Å². The minimum Gasteiger partial charge on any atom is -0.481 e. The second-order valence-electron chi connectivity index (χ2n) is 2.61. The third kappa shape index (κ3) is 1.54. The molecule has 3 nitrogen and oxygen atoms in total. The number of methoxy groups -OCH3 is 1. The molecule has 0 amide bonds. The molecule has 0 unspecified atom stereocenters. The first-order valence-electron chi connectivity index (χ1n) is 3.98. The Kier molecular flexibility index (Phi) is 2.00. The highest BCUT2D eigenvalue weighted by molar-refractivity contribution is 5.68. The SMILES string of the molecule is COc1cc(C2=CC=C[N]2)ccn1. The fourth-order valence-electron chi connectivity index (χ4n) is 1.15. The summed E-state index contributed by atoms with van der Waals surface area (Å²) in [5.41, 5.74) is 1.97.